The maximum atomic E-state index is 14.1. The van der Waals surface area contributed by atoms with Crippen LogP contribution in [-0.2, 0) is 4.74 Å². The molecule has 1 aliphatic rings. The van der Waals surface area contributed by atoms with Gasteiger partial charge in [0.2, 0.25) is 0 Å². The van der Waals surface area contributed by atoms with E-state index < -0.39 is 17.4 Å². The van der Waals surface area contributed by atoms with E-state index in [1.165, 1.54) is 12.1 Å². The number of hydrogen-bond acceptors (Lipinski definition) is 3. The minimum absolute atomic E-state index is 0.0171. The smallest absolute Gasteiger partial charge is 0.410 e. The maximum Gasteiger partial charge on any atom is 0.410 e. The fraction of sp³-hybridized carbons (Fsp3) is 0.529. The van der Waals surface area contributed by atoms with Gasteiger partial charge < -0.3 is 14.7 Å². The summed E-state index contributed by atoms with van der Waals surface area (Å²) in [5.74, 6) is -1.66. The number of carbonyl (C=O) groups is 2. The van der Waals surface area contributed by atoms with Crippen LogP contribution in [0.3, 0.4) is 0 Å². The SMILES string of the molecule is CC(C)(C)OC(=O)N1CCC(c2ccc(C(=O)O)cc2F)CC1. The molecule has 1 aromatic carbocycles. The molecule has 0 spiro atoms. The molecule has 1 N–H and O–H groups in total. The van der Waals surface area contributed by atoms with Crippen molar-refractivity contribution in [2.24, 2.45) is 0 Å². The van der Waals surface area contributed by atoms with E-state index in [0.717, 1.165) is 6.07 Å². The van der Waals surface area contributed by atoms with Crippen LogP contribution in [0.2, 0.25) is 0 Å². The molecule has 0 unspecified atom stereocenters. The Morgan fingerprint density at radius 2 is 1.87 bits per heavy atom. The molecule has 0 aromatic heterocycles. The number of likely N-dealkylation sites (tertiary alicyclic amines) is 1. The van der Waals surface area contributed by atoms with Crippen molar-refractivity contribution >= 4 is 12.1 Å². The summed E-state index contributed by atoms with van der Waals surface area (Å²) in [6.07, 6.45) is 0.906. The summed E-state index contributed by atoms with van der Waals surface area (Å²) in [7, 11) is 0. The first-order chi connectivity index (χ1) is 10.7. The lowest BCUT2D eigenvalue weighted by Gasteiger charge is -2.33. The van der Waals surface area contributed by atoms with Crippen LogP contribution < -0.4 is 0 Å². The predicted molar refractivity (Wildman–Crippen MR) is 83.1 cm³/mol. The largest absolute Gasteiger partial charge is 0.478 e. The second-order valence-corrected chi connectivity index (χ2v) is 6.78. The molecule has 0 atom stereocenters. The molecule has 1 amide bonds. The number of benzene rings is 1. The number of hydrogen-bond donors (Lipinski definition) is 1. The maximum absolute atomic E-state index is 14.1. The van der Waals surface area contributed by atoms with Crippen molar-refractivity contribution in [2.45, 2.75) is 45.1 Å². The molecule has 0 bridgehead atoms. The quantitative estimate of drug-likeness (QED) is 0.902. The molecule has 126 valence electrons. The molecule has 0 saturated carbocycles. The number of nitrogens with zero attached hydrogens (tertiary/aromatic N) is 1. The van der Waals surface area contributed by atoms with Crippen molar-refractivity contribution in [3.05, 3.63) is 35.1 Å². The van der Waals surface area contributed by atoms with Crippen LogP contribution in [0.4, 0.5) is 9.18 Å². The van der Waals surface area contributed by atoms with Crippen LogP contribution in [0.25, 0.3) is 0 Å². The topological polar surface area (TPSA) is 66.8 Å². The van der Waals surface area contributed by atoms with E-state index in [1.807, 2.05) is 20.8 Å². The van der Waals surface area contributed by atoms with Crippen molar-refractivity contribution < 1.29 is 23.8 Å². The number of aromatic carboxylic acids is 1. The summed E-state index contributed by atoms with van der Waals surface area (Å²) in [6.45, 7) is 6.45. The molecule has 1 aliphatic heterocycles. The fourth-order valence-electron chi connectivity index (χ4n) is 2.69. The molecule has 0 radical (unpaired) electrons. The number of piperidine rings is 1. The highest BCUT2D eigenvalue weighted by atomic mass is 19.1. The Hall–Kier alpha value is -2.11. The molecule has 1 fully saturated rings. The number of amides is 1. The van der Waals surface area contributed by atoms with Gasteiger partial charge in [-0.05, 0) is 57.2 Å². The zero-order chi connectivity index (χ0) is 17.2. The van der Waals surface area contributed by atoms with Crippen molar-refractivity contribution in [1.29, 1.82) is 0 Å². The molecule has 6 heteroatoms. The third kappa shape index (κ3) is 4.43. The highest BCUT2D eigenvalue weighted by Crippen LogP contribution is 2.30. The van der Waals surface area contributed by atoms with E-state index in [4.69, 9.17) is 9.84 Å². The van der Waals surface area contributed by atoms with Crippen LogP contribution in [-0.4, -0.2) is 40.8 Å². The summed E-state index contributed by atoms with van der Waals surface area (Å²) in [5, 5.41) is 8.87. The molecule has 0 aliphatic carbocycles. The van der Waals surface area contributed by atoms with Gasteiger partial charge in [0.25, 0.3) is 0 Å². The lowest BCUT2D eigenvalue weighted by atomic mass is 9.88. The van der Waals surface area contributed by atoms with Gasteiger partial charge in [-0.3, -0.25) is 0 Å². The van der Waals surface area contributed by atoms with Crippen LogP contribution in [0, 0.1) is 5.82 Å². The minimum atomic E-state index is -1.14. The summed E-state index contributed by atoms with van der Waals surface area (Å²) in [6, 6.07) is 4.01. The molecule has 23 heavy (non-hydrogen) atoms. The van der Waals surface area contributed by atoms with Gasteiger partial charge in [0, 0.05) is 13.1 Å². The zero-order valence-electron chi connectivity index (χ0n) is 13.6. The van der Waals surface area contributed by atoms with Gasteiger partial charge in [-0.2, -0.15) is 0 Å². The molecule has 2 rings (SSSR count). The van der Waals surface area contributed by atoms with Crippen LogP contribution >= 0.6 is 0 Å². The minimum Gasteiger partial charge on any atom is -0.478 e. The van der Waals surface area contributed by atoms with Crippen LogP contribution in [0.5, 0.6) is 0 Å². The molecule has 1 heterocycles. The predicted octanol–water partition coefficient (Wildman–Crippen LogP) is 3.64. The summed E-state index contributed by atoms with van der Waals surface area (Å²) >= 11 is 0. The first-order valence-corrected chi connectivity index (χ1v) is 7.68. The van der Waals surface area contributed by atoms with E-state index in [1.54, 1.807) is 4.90 Å². The van der Waals surface area contributed by atoms with Crippen molar-refractivity contribution in [3.63, 3.8) is 0 Å². The normalized spacial score (nSPS) is 16.3. The van der Waals surface area contributed by atoms with Crippen molar-refractivity contribution in [3.8, 4) is 0 Å². The highest BCUT2D eigenvalue weighted by Gasteiger charge is 2.28. The molecule has 1 saturated heterocycles. The Balaban J connectivity index is 1.99. The number of ether oxygens (including phenoxy) is 1. The Bertz CT molecular complexity index is 601. The number of rotatable bonds is 2. The Morgan fingerprint density at radius 3 is 2.35 bits per heavy atom. The first kappa shape index (κ1) is 17.2. The number of carboxylic acid groups (broad SMARTS) is 1. The van der Waals surface area contributed by atoms with Gasteiger partial charge in [0.05, 0.1) is 5.56 Å². The fourth-order valence-corrected chi connectivity index (χ4v) is 2.69. The standard InChI is InChI=1S/C17H22FNO4/c1-17(2,3)23-16(22)19-8-6-11(7-9-19)13-5-4-12(15(20)21)10-14(13)18/h4-5,10-11H,6-9H2,1-3H3,(H,20,21). The van der Waals surface area contributed by atoms with E-state index in [2.05, 4.69) is 0 Å². The first-order valence-electron chi connectivity index (χ1n) is 7.68. The zero-order valence-corrected chi connectivity index (χ0v) is 13.6. The number of carboxylic acids is 1. The highest BCUT2D eigenvalue weighted by molar-refractivity contribution is 5.87. The molecule has 1 aromatic rings. The van der Waals surface area contributed by atoms with Crippen molar-refractivity contribution in [1.82, 2.24) is 4.90 Å². The van der Waals surface area contributed by atoms with Crippen LogP contribution in [0.15, 0.2) is 18.2 Å². The van der Waals surface area contributed by atoms with Gasteiger partial charge in [-0.15, -0.1) is 0 Å². The summed E-state index contributed by atoms with van der Waals surface area (Å²) < 4.78 is 19.4. The van der Waals surface area contributed by atoms with Gasteiger partial charge in [-0.25, -0.2) is 14.0 Å². The van der Waals surface area contributed by atoms with Crippen LogP contribution in [0.1, 0.15) is 55.5 Å². The summed E-state index contributed by atoms with van der Waals surface area (Å²) in [4.78, 5) is 24.5. The lowest BCUT2D eigenvalue weighted by Crippen LogP contribution is -2.41. The molecular weight excluding hydrogens is 301 g/mol. The molecule has 5 nitrogen and oxygen atoms in total. The monoisotopic (exact) mass is 323 g/mol. The van der Waals surface area contributed by atoms with E-state index in [-0.39, 0.29) is 17.6 Å². The lowest BCUT2D eigenvalue weighted by molar-refractivity contribution is 0.0204. The van der Waals surface area contributed by atoms with Gasteiger partial charge in [0.1, 0.15) is 11.4 Å². The second-order valence-electron chi connectivity index (χ2n) is 6.78. The Morgan fingerprint density at radius 1 is 1.26 bits per heavy atom. The Kier molecular flexibility index (Phi) is 4.92. The van der Waals surface area contributed by atoms with Gasteiger partial charge in [0.15, 0.2) is 0 Å². The molecular formula is C17H22FNO4. The van der Waals surface area contributed by atoms with Crippen molar-refractivity contribution in [2.75, 3.05) is 13.1 Å². The second kappa shape index (κ2) is 6.56. The summed E-state index contributed by atoms with van der Waals surface area (Å²) in [5.41, 5.74) is -0.0801. The van der Waals surface area contributed by atoms with Gasteiger partial charge >= 0.3 is 12.1 Å². The van der Waals surface area contributed by atoms with E-state index in [0.29, 0.717) is 31.5 Å². The average molecular weight is 323 g/mol. The van der Waals surface area contributed by atoms with E-state index >= 15 is 0 Å². The average Bonchev–Trinajstić information content (AvgIpc) is 2.45. The number of halogens is 1. The van der Waals surface area contributed by atoms with Gasteiger partial charge in [-0.1, -0.05) is 6.07 Å². The van der Waals surface area contributed by atoms with E-state index in [9.17, 15) is 14.0 Å². The third-order valence-corrected chi connectivity index (χ3v) is 3.83. The number of carbonyl (C=O) groups excluding carboxylic acids is 1. The Labute approximate surface area is 135 Å². The third-order valence-electron chi connectivity index (χ3n) is 3.83.